The van der Waals surface area contributed by atoms with Gasteiger partial charge in [0.1, 0.15) is 0 Å². The Balaban J connectivity index is 1.61. The van der Waals surface area contributed by atoms with Crippen molar-refractivity contribution in [3.63, 3.8) is 0 Å². The van der Waals surface area contributed by atoms with Crippen molar-refractivity contribution in [2.24, 2.45) is 0 Å². The Morgan fingerprint density at radius 1 is 1.24 bits per heavy atom. The van der Waals surface area contributed by atoms with E-state index in [-0.39, 0.29) is 11.6 Å². The van der Waals surface area contributed by atoms with E-state index in [9.17, 15) is 8.42 Å². The van der Waals surface area contributed by atoms with Crippen LogP contribution in [0.2, 0.25) is 0 Å². The van der Waals surface area contributed by atoms with Crippen LogP contribution in [0.25, 0.3) is 0 Å². The molecule has 21 heavy (non-hydrogen) atoms. The molecule has 1 aliphatic rings. The molecular formula is C13H17N5O2S. The number of aromatic nitrogens is 3. The Hall–Kier alpha value is -1.77. The van der Waals surface area contributed by atoms with E-state index >= 15 is 0 Å². The molecule has 8 heteroatoms. The summed E-state index contributed by atoms with van der Waals surface area (Å²) in [4.78, 5) is 10.7. The Labute approximate surface area is 123 Å². The molecule has 0 saturated heterocycles. The fraction of sp³-hybridized carbons (Fsp3) is 0.385. The van der Waals surface area contributed by atoms with Gasteiger partial charge < -0.3 is 10.3 Å². The molecule has 3 N–H and O–H groups in total. The third-order valence-corrected chi connectivity index (χ3v) is 4.57. The highest BCUT2D eigenvalue weighted by Crippen LogP contribution is 2.19. The molecule has 1 saturated carbocycles. The van der Waals surface area contributed by atoms with Gasteiger partial charge in [0.25, 0.3) is 10.0 Å². The van der Waals surface area contributed by atoms with E-state index in [1.165, 1.54) is 25.2 Å². The second kappa shape index (κ2) is 5.92. The van der Waals surface area contributed by atoms with Crippen LogP contribution in [-0.4, -0.2) is 29.4 Å². The molecule has 0 aliphatic heterocycles. The Morgan fingerprint density at radius 2 is 2.10 bits per heavy atom. The Morgan fingerprint density at radius 3 is 2.71 bits per heavy atom. The van der Waals surface area contributed by atoms with Crippen molar-refractivity contribution in [2.45, 2.75) is 37.0 Å². The highest BCUT2D eigenvalue weighted by molar-refractivity contribution is 7.89. The fourth-order valence-corrected chi connectivity index (χ4v) is 2.78. The lowest BCUT2D eigenvalue weighted by molar-refractivity contribution is 0.576. The van der Waals surface area contributed by atoms with Crippen LogP contribution < -0.4 is 10.0 Å². The van der Waals surface area contributed by atoms with E-state index in [0.29, 0.717) is 11.7 Å². The average molecular weight is 307 g/mol. The third kappa shape index (κ3) is 3.87. The minimum Gasteiger partial charge on any atom is -0.347 e. The van der Waals surface area contributed by atoms with Crippen LogP contribution >= 0.6 is 0 Å². The van der Waals surface area contributed by atoms with Crippen LogP contribution in [0, 0.1) is 0 Å². The first-order valence-corrected chi connectivity index (χ1v) is 8.27. The van der Waals surface area contributed by atoms with E-state index in [2.05, 4.69) is 25.0 Å². The number of sulfonamides is 1. The van der Waals surface area contributed by atoms with Gasteiger partial charge in [0.05, 0.1) is 12.9 Å². The van der Waals surface area contributed by atoms with E-state index < -0.39 is 10.0 Å². The van der Waals surface area contributed by atoms with Gasteiger partial charge >= 0.3 is 0 Å². The zero-order valence-corrected chi connectivity index (χ0v) is 12.2. The van der Waals surface area contributed by atoms with Crippen LogP contribution in [0.4, 0.5) is 0 Å². The van der Waals surface area contributed by atoms with E-state index in [4.69, 9.17) is 0 Å². The second-order valence-corrected chi connectivity index (χ2v) is 6.78. The van der Waals surface area contributed by atoms with Crippen LogP contribution in [0.1, 0.15) is 24.1 Å². The Bertz CT molecular complexity index is 678. The van der Waals surface area contributed by atoms with Crippen molar-refractivity contribution in [1.82, 2.24) is 25.0 Å². The molecule has 0 unspecified atom stereocenters. The molecule has 0 bridgehead atoms. The third-order valence-electron chi connectivity index (χ3n) is 3.25. The number of hydrogen-bond donors (Lipinski definition) is 3. The summed E-state index contributed by atoms with van der Waals surface area (Å²) in [5.74, 6) is 0. The molecule has 112 valence electrons. The number of hydrogen-bond acceptors (Lipinski definition) is 5. The summed E-state index contributed by atoms with van der Waals surface area (Å²) >= 11 is 0. The molecule has 2 aromatic rings. The molecule has 0 spiro atoms. The summed E-state index contributed by atoms with van der Waals surface area (Å²) in [5.41, 5.74) is 1.68. The van der Waals surface area contributed by atoms with Crippen molar-refractivity contribution in [2.75, 3.05) is 0 Å². The smallest absolute Gasteiger partial charge is 0.258 e. The zero-order valence-electron chi connectivity index (χ0n) is 11.4. The maximum atomic E-state index is 12.1. The number of nitrogens with zero attached hydrogens (tertiary/aromatic N) is 2. The molecule has 3 rings (SSSR count). The summed E-state index contributed by atoms with van der Waals surface area (Å²) in [6.45, 7) is 0.883. The molecule has 1 aliphatic carbocycles. The first-order chi connectivity index (χ1) is 10.1. The Kier molecular flexibility index (Phi) is 4.00. The topological polar surface area (TPSA) is 99.8 Å². The van der Waals surface area contributed by atoms with Crippen LogP contribution in [-0.2, 0) is 23.1 Å². The fourth-order valence-electron chi connectivity index (χ4n) is 1.85. The summed E-state index contributed by atoms with van der Waals surface area (Å²) in [6, 6.07) is 3.93. The van der Waals surface area contributed by atoms with Gasteiger partial charge in [-0.2, -0.15) is 0 Å². The standard InChI is InChI=1S/C13H17N5O2S/c19-21(20,18-8-12-7-14-9-17-12)13-4-1-10(6-16-13)5-15-11-2-3-11/h1,4,6-7,9,11,15,18H,2-3,5,8H2,(H,14,17). The quantitative estimate of drug-likeness (QED) is 0.693. The van der Waals surface area contributed by atoms with E-state index in [1.807, 2.05) is 0 Å². The van der Waals surface area contributed by atoms with Gasteiger partial charge in [-0.3, -0.25) is 0 Å². The highest BCUT2D eigenvalue weighted by Gasteiger charge is 2.20. The monoisotopic (exact) mass is 307 g/mol. The van der Waals surface area contributed by atoms with Gasteiger partial charge in [0.15, 0.2) is 5.03 Å². The minimum atomic E-state index is -3.60. The largest absolute Gasteiger partial charge is 0.347 e. The predicted molar refractivity (Wildman–Crippen MR) is 76.7 cm³/mol. The van der Waals surface area contributed by atoms with Gasteiger partial charge in [-0.1, -0.05) is 6.07 Å². The minimum absolute atomic E-state index is 0.0252. The van der Waals surface area contributed by atoms with E-state index in [1.54, 1.807) is 18.5 Å². The van der Waals surface area contributed by atoms with Crippen molar-refractivity contribution in [1.29, 1.82) is 0 Å². The predicted octanol–water partition coefficient (Wildman–Crippen LogP) is 0.535. The van der Waals surface area contributed by atoms with Gasteiger partial charge in [0, 0.05) is 30.7 Å². The molecule has 0 aromatic carbocycles. The van der Waals surface area contributed by atoms with Gasteiger partial charge in [0.2, 0.25) is 0 Å². The van der Waals surface area contributed by atoms with Crippen molar-refractivity contribution in [3.05, 3.63) is 42.1 Å². The number of H-pyrrole nitrogens is 1. The lowest BCUT2D eigenvalue weighted by Crippen LogP contribution is -2.24. The molecule has 0 radical (unpaired) electrons. The molecule has 0 atom stereocenters. The number of imidazole rings is 1. The van der Waals surface area contributed by atoms with Crippen LogP contribution in [0.15, 0.2) is 35.9 Å². The van der Waals surface area contributed by atoms with Gasteiger partial charge in [-0.25, -0.2) is 23.1 Å². The number of rotatable bonds is 7. The van der Waals surface area contributed by atoms with Crippen molar-refractivity contribution >= 4 is 10.0 Å². The van der Waals surface area contributed by atoms with Gasteiger partial charge in [-0.05, 0) is 24.5 Å². The summed E-state index contributed by atoms with van der Waals surface area (Å²) in [7, 11) is -3.60. The van der Waals surface area contributed by atoms with E-state index in [0.717, 1.165) is 12.1 Å². The number of aromatic amines is 1. The van der Waals surface area contributed by atoms with Crippen molar-refractivity contribution in [3.8, 4) is 0 Å². The molecule has 1 fully saturated rings. The molecule has 2 aromatic heterocycles. The molecule has 0 amide bonds. The summed E-state index contributed by atoms with van der Waals surface area (Å²) < 4.78 is 26.7. The lowest BCUT2D eigenvalue weighted by atomic mass is 10.3. The first kappa shape index (κ1) is 14.2. The molecular weight excluding hydrogens is 290 g/mol. The normalized spacial score (nSPS) is 15.2. The molecule has 7 nitrogen and oxygen atoms in total. The molecule has 2 heterocycles. The van der Waals surface area contributed by atoms with Crippen LogP contribution in [0.5, 0.6) is 0 Å². The lowest BCUT2D eigenvalue weighted by Gasteiger charge is -2.06. The second-order valence-electron chi connectivity index (χ2n) is 5.06. The van der Waals surface area contributed by atoms with Crippen LogP contribution in [0.3, 0.4) is 0 Å². The maximum absolute atomic E-state index is 12.1. The maximum Gasteiger partial charge on any atom is 0.258 e. The summed E-state index contributed by atoms with van der Waals surface area (Å²) in [6.07, 6.45) is 7.11. The number of pyridine rings is 1. The van der Waals surface area contributed by atoms with Gasteiger partial charge in [-0.15, -0.1) is 0 Å². The van der Waals surface area contributed by atoms with Crippen molar-refractivity contribution < 1.29 is 8.42 Å². The summed E-state index contributed by atoms with van der Waals surface area (Å²) in [5, 5.41) is 3.38. The SMILES string of the molecule is O=S(=O)(NCc1cnc[nH]1)c1ccc(CNC2CC2)cn1. The first-order valence-electron chi connectivity index (χ1n) is 6.79. The average Bonchev–Trinajstić information content (AvgIpc) is 3.17. The highest BCUT2D eigenvalue weighted by atomic mass is 32.2. The zero-order chi connectivity index (χ0) is 14.7. The number of nitrogens with one attached hydrogen (secondary N) is 3.